The molecule has 0 aliphatic heterocycles. The molecule has 2 heteroatoms. The summed E-state index contributed by atoms with van der Waals surface area (Å²) in [5.74, 6) is -0.245. The van der Waals surface area contributed by atoms with E-state index in [1.54, 1.807) is 12.1 Å². The Morgan fingerprint density at radius 3 is 2.36 bits per heavy atom. The van der Waals surface area contributed by atoms with Crippen LogP contribution in [0, 0.1) is 5.82 Å². The molecule has 1 nitrogen and oxygen atoms in total. The molecule has 0 aromatic heterocycles. The monoisotopic (exact) mass is 187 g/mol. The number of benzene rings is 2. The SMILES string of the molecule is Nc1ccc(F)c(-c2ccccc2)c1. The fourth-order valence-electron chi connectivity index (χ4n) is 1.38. The molecule has 0 aliphatic rings. The number of rotatable bonds is 1. The minimum Gasteiger partial charge on any atom is -0.399 e. The maximum absolute atomic E-state index is 13.4. The van der Waals surface area contributed by atoms with Gasteiger partial charge in [0.1, 0.15) is 5.82 Å². The van der Waals surface area contributed by atoms with Gasteiger partial charge in [-0.1, -0.05) is 30.3 Å². The fourth-order valence-corrected chi connectivity index (χ4v) is 1.38. The Hall–Kier alpha value is -1.83. The summed E-state index contributed by atoms with van der Waals surface area (Å²) in [6.45, 7) is 0. The lowest BCUT2D eigenvalue weighted by molar-refractivity contribution is 0.631. The first-order valence-corrected chi connectivity index (χ1v) is 4.38. The number of hydrogen-bond donors (Lipinski definition) is 1. The Labute approximate surface area is 82.0 Å². The van der Waals surface area contributed by atoms with Crippen LogP contribution in [0.4, 0.5) is 10.1 Å². The zero-order chi connectivity index (χ0) is 9.97. The van der Waals surface area contributed by atoms with Gasteiger partial charge >= 0.3 is 0 Å². The van der Waals surface area contributed by atoms with Gasteiger partial charge in [0.15, 0.2) is 0 Å². The van der Waals surface area contributed by atoms with Gasteiger partial charge in [-0.3, -0.25) is 0 Å². The summed E-state index contributed by atoms with van der Waals surface area (Å²) in [5, 5.41) is 0. The molecule has 0 heterocycles. The summed E-state index contributed by atoms with van der Waals surface area (Å²) >= 11 is 0. The lowest BCUT2D eigenvalue weighted by Gasteiger charge is -2.03. The van der Waals surface area contributed by atoms with Crippen LogP contribution < -0.4 is 5.73 Å². The third-order valence-electron chi connectivity index (χ3n) is 2.08. The van der Waals surface area contributed by atoms with Crippen LogP contribution in [-0.4, -0.2) is 0 Å². The van der Waals surface area contributed by atoms with Gasteiger partial charge in [-0.15, -0.1) is 0 Å². The van der Waals surface area contributed by atoms with E-state index in [9.17, 15) is 4.39 Å². The molecule has 0 unspecified atom stereocenters. The van der Waals surface area contributed by atoms with Crippen molar-refractivity contribution in [1.82, 2.24) is 0 Å². The summed E-state index contributed by atoms with van der Waals surface area (Å²) in [6, 6.07) is 13.9. The van der Waals surface area contributed by atoms with Crippen LogP contribution in [0.2, 0.25) is 0 Å². The maximum Gasteiger partial charge on any atom is 0.131 e. The van der Waals surface area contributed by atoms with Gasteiger partial charge in [0, 0.05) is 11.3 Å². The normalized spacial score (nSPS) is 10.1. The van der Waals surface area contributed by atoms with Crippen LogP contribution in [0.3, 0.4) is 0 Å². The van der Waals surface area contributed by atoms with Gasteiger partial charge < -0.3 is 5.73 Å². The highest BCUT2D eigenvalue weighted by molar-refractivity contribution is 5.67. The van der Waals surface area contributed by atoms with E-state index in [1.165, 1.54) is 6.07 Å². The van der Waals surface area contributed by atoms with Crippen molar-refractivity contribution in [2.75, 3.05) is 5.73 Å². The molecule has 0 aliphatic carbocycles. The first kappa shape index (κ1) is 8.75. The van der Waals surface area contributed by atoms with Crippen molar-refractivity contribution in [2.24, 2.45) is 0 Å². The number of nitrogen functional groups attached to an aromatic ring is 1. The zero-order valence-corrected chi connectivity index (χ0v) is 7.57. The van der Waals surface area contributed by atoms with Crippen LogP contribution in [0.25, 0.3) is 11.1 Å². The molecule has 0 spiro atoms. The van der Waals surface area contributed by atoms with Crippen molar-refractivity contribution in [3.05, 3.63) is 54.3 Å². The zero-order valence-electron chi connectivity index (χ0n) is 7.57. The Balaban J connectivity index is 2.57. The highest BCUT2D eigenvalue weighted by atomic mass is 19.1. The molecule has 2 N–H and O–H groups in total. The molecule has 2 aromatic rings. The smallest absolute Gasteiger partial charge is 0.131 e. The summed E-state index contributed by atoms with van der Waals surface area (Å²) in [4.78, 5) is 0. The first-order chi connectivity index (χ1) is 6.77. The second kappa shape index (κ2) is 3.50. The van der Waals surface area contributed by atoms with Crippen LogP contribution in [-0.2, 0) is 0 Å². The average molecular weight is 187 g/mol. The molecular weight excluding hydrogens is 177 g/mol. The number of hydrogen-bond acceptors (Lipinski definition) is 1. The topological polar surface area (TPSA) is 26.0 Å². The van der Waals surface area contributed by atoms with Gasteiger partial charge in [-0.25, -0.2) is 4.39 Å². The number of nitrogens with two attached hydrogens (primary N) is 1. The van der Waals surface area contributed by atoms with Crippen molar-refractivity contribution < 1.29 is 4.39 Å². The van der Waals surface area contributed by atoms with Crippen molar-refractivity contribution in [3.8, 4) is 11.1 Å². The molecule has 2 rings (SSSR count). The highest BCUT2D eigenvalue weighted by Gasteiger charge is 2.03. The Morgan fingerprint density at radius 1 is 0.929 bits per heavy atom. The van der Waals surface area contributed by atoms with E-state index in [0.29, 0.717) is 11.3 Å². The molecule has 0 amide bonds. The quantitative estimate of drug-likeness (QED) is 0.682. The standard InChI is InChI=1S/C12H10FN/c13-12-7-6-10(14)8-11(12)9-4-2-1-3-5-9/h1-8H,14H2. The summed E-state index contributed by atoms with van der Waals surface area (Å²) in [7, 11) is 0. The van der Waals surface area contributed by atoms with Gasteiger partial charge in [-0.05, 0) is 23.8 Å². The predicted molar refractivity (Wildman–Crippen MR) is 56.2 cm³/mol. The molecule has 0 atom stereocenters. The van der Waals surface area contributed by atoms with E-state index >= 15 is 0 Å². The van der Waals surface area contributed by atoms with E-state index in [2.05, 4.69) is 0 Å². The third-order valence-corrected chi connectivity index (χ3v) is 2.08. The molecule has 14 heavy (non-hydrogen) atoms. The molecular formula is C12H10FN. The fraction of sp³-hybridized carbons (Fsp3) is 0. The second-order valence-corrected chi connectivity index (χ2v) is 3.11. The highest BCUT2D eigenvalue weighted by Crippen LogP contribution is 2.24. The lowest BCUT2D eigenvalue weighted by atomic mass is 10.0. The first-order valence-electron chi connectivity index (χ1n) is 4.38. The third kappa shape index (κ3) is 1.59. The van der Waals surface area contributed by atoms with Crippen molar-refractivity contribution in [2.45, 2.75) is 0 Å². The Kier molecular flexibility index (Phi) is 2.19. The molecule has 0 radical (unpaired) electrons. The van der Waals surface area contributed by atoms with Crippen LogP contribution in [0.1, 0.15) is 0 Å². The Morgan fingerprint density at radius 2 is 1.64 bits per heavy atom. The predicted octanol–water partition coefficient (Wildman–Crippen LogP) is 3.07. The molecule has 2 aromatic carbocycles. The molecule has 0 bridgehead atoms. The van der Waals surface area contributed by atoms with Crippen LogP contribution >= 0.6 is 0 Å². The Bertz CT molecular complexity index is 437. The van der Waals surface area contributed by atoms with E-state index in [0.717, 1.165) is 5.56 Å². The van der Waals surface area contributed by atoms with Crippen molar-refractivity contribution in [1.29, 1.82) is 0 Å². The molecule has 0 fully saturated rings. The van der Waals surface area contributed by atoms with E-state index < -0.39 is 0 Å². The van der Waals surface area contributed by atoms with E-state index in [1.807, 2.05) is 30.3 Å². The van der Waals surface area contributed by atoms with Crippen LogP contribution in [0.15, 0.2) is 48.5 Å². The van der Waals surface area contributed by atoms with E-state index in [4.69, 9.17) is 5.73 Å². The average Bonchev–Trinajstić information content (AvgIpc) is 2.23. The molecule has 0 saturated carbocycles. The van der Waals surface area contributed by atoms with Crippen molar-refractivity contribution in [3.63, 3.8) is 0 Å². The van der Waals surface area contributed by atoms with Crippen molar-refractivity contribution >= 4 is 5.69 Å². The van der Waals surface area contributed by atoms with Gasteiger partial charge in [0.05, 0.1) is 0 Å². The van der Waals surface area contributed by atoms with Gasteiger partial charge in [0.25, 0.3) is 0 Å². The van der Waals surface area contributed by atoms with E-state index in [-0.39, 0.29) is 5.82 Å². The lowest BCUT2D eigenvalue weighted by Crippen LogP contribution is -1.89. The number of anilines is 1. The maximum atomic E-state index is 13.4. The minimum atomic E-state index is -0.245. The summed E-state index contributed by atoms with van der Waals surface area (Å²) in [5.41, 5.74) is 7.56. The number of halogens is 1. The second-order valence-electron chi connectivity index (χ2n) is 3.11. The molecule has 70 valence electrons. The summed E-state index contributed by atoms with van der Waals surface area (Å²) < 4.78 is 13.4. The molecule has 0 saturated heterocycles. The van der Waals surface area contributed by atoms with Gasteiger partial charge in [-0.2, -0.15) is 0 Å². The summed E-state index contributed by atoms with van der Waals surface area (Å²) in [6.07, 6.45) is 0. The largest absolute Gasteiger partial charge is 0.399 e. The minimum absolute atomic E-state index is 0.245. The van der Waals surface area contributed by atoms with Gasteiger partial charge in [0.2, 0.25) is 0 Å². The van der Waals surface area contributed by atoms with Crippen LogP contribution in [0.5, 0.6) is 0 Å².